The lowest BCUT2D eigenvalue weighted by Gasteiger charge is -2.07. The molecule has 0 saturated heterocycles. The Morgan fingerprint density at radius 2 is 1.33 bits per heavy atom. The fourth-order valence-corrected chi connectivity index (χ4v) is 0.224. The van der Waals surface area contributed by atoms with Crippen LogP contribution in [0.3, 0.4) is 0 Å². The average Bonchev–Trinajstić information content (AvgIpc) is 1.88. The minimum atomic E-state index is 1.16. The normalized spacial score (nSPS) is 8.67. The second kappa shape index (κ2) is 10.8. The third-order valence-corrected chi connectivity index (χ3v) is 1.08. The summed E-state index contributed by atoms with van der Waals surface area (Å²) in [4.78, 5) is 2.25. The van der Waals surface area contributed by atoms with E-state index in [0.717, 1.165) is 13.1 Å². The Morgan fingerprint density at radius 3 is 1.33 bits per heavy atom. The molecule has 0 aliphatic carbocycles. The molecule has 0 aliphatic rings. The molecule has 0 atom stereocenters. The Bertz CT molecular complexity index is 33.9. The Morgan fingerprint density at radius 1 is 1.11 bits per heavy atom. The van der Waals surface area contributed by atoms with E-state index in [2.05, 4.69) is 31.1 Å². The van der Waals surface area contributed by atoms with Crippen molar-refractivity contribution in [3.63, 3.8) is 0 Å². The van der Waals surface area contributed by atoms with Gasteiger partial charge in [-0.2, -0.15) is 0 Å². The molecule has 1 N–H and O–H groups in total. The molecule has 58 valence electrons. The molecule has 0 bridgehead atoms. The van der Waals surface area contributed by atoms with Crippen molar-refractivity contribution in [2.45, 2.75) is 13.8 Å². The number of hydrogen-bond donors (Lipinski definition) is 1. The minimum absolute atomic E-state index is 1.16. The summed E-state index contributed by atoms with van der Waals surface area (Å²) in [5.74, 6) is 0. The Hall–Kier alpha value is -0.0800. The van der Waals surface area contributed by atoms with Gasteiger partial charge in [0, 0.05) is 0 Å². The third-order valence-electron chi connectivity index (χ3n) is 1.08. The van der Waals surface area contributed by atoms with Gasteiger partial charge in [-0.15, -0.1) is 0 Å². The Labute approximate surface area is 59.2 Å². The molecule has 0 aromatic heterocycles. The van der Waals surface area contributed by atoms with Crippen LogP contribution >= 0.6 is 0 Å². The summed E-state index contributed by atoms with van der Waals surface area (Å²) < 4.78 is 0. The molecule has 2 nitrogen and oxygen atoms in total. The molecule has 0 spiro atoms. The topological polar surface area (TPSA) is 15.3 Å². The molecule has 0 aromatic rings. The zero-order valence-corrected chi connectivity index (χ0v) is 7.36. The molecule has 0 amide bonds. The number of nitrogens with one attached hydrogen (secondary N) is 1. The molecule has 0 radical (unpaired) electrons. The summed E-state index contributed by atoms with van der Waals surface area (Å²) in [5.41, 5.74) is 0. The van der Waals surface area contributed by atoms with Crippen LogP contribution < -0.4 is 5.32 Å². The summed E-state index contributed by atoms with van der Waals surface area (Å²) >= 11 is 0. The Balaban J connectivity index is 0. The van der Waals surface area contributed by atoms with Crippen LogP contribution in [0.25, 0.3) is 0 Å². The molecular weight excluding hydrogens is 112 g/mol. The lowest BCUT2D eigenvalue weighted by atomic mass is 10.6. The molecule has 0 aromatic carbocycles. The second-order valence-corrected chi connectivity index (χ2v) is 1.99. The molecule has 0 unspecified atom stereocenters. The van der Waals surface area contributed by atoms with E-state index in [1.165, 1.54) is 0 Å². The standard InChI is InChI=1S/C5H13N.C2H7N/c1-4-6(3)5-2;1-3-2/h4-5H2,1-3H3;3H,1-2H3. The van der Waals surface area contributed by atoms with Gasteiger partial charge in [-0.3, -0.25) is 0 Å². The maximum absolute atomic E-state index is 2.75. The first kappa shape index (κ1) is 11.7. The van der Waals surface area contributed by atoms with Crippen LogP contribution in [0.15, 0.2) is 0 Å². The van der Waals surface area contributed by atoms with Crippen LogP contribution in [0, 0.1) is 0 Å². The van der Waals surface area contributed by atoms with Crippen LogP contribution in [0.4, 0.5) is 0 Å². The third kappa shape index (κ3) is 18.1. The highest BCUT2D eigenvalue weighted by Gasteiger charge is 1.81. The fourth-order valence-electron chi connectivity index (χ4n) is 0.224. The van der Waals surface area contributed by atoms with Gasteiger partial charge >= 0.3 is 0 Å². The molecule has 0 aliphatic heterocycles. The van der Waals surface area contributed by atoms with Crippen molar-refractivity contribution < 1.29 is 0 Å². The quantitative estimate of drug-likeness (QED) is 0.597. The fraction of sp³-hybridized carbons (Fsp3) is 1.00. The van der Waals surface area contributed by atoms with Gasteiger partial charge in [-0.1, -0.05) is 13.8 Å². The SMILES string of the molecule is CCN(C)CC.CNC. The zero-order valence-electron chi connectivity index (χ0n) is 7.36. The maximum Gasteiger partial charge on any atom is -0.00504 e. The Kier molecular flexibility index (Phi) is 14.0. The molecule has 0 rings (SSSR count). The van der Waals surface area contributed by atoms with Crippen LogP contribution in [-0.4, -0.2) is 39.1 Å². The predicted molar refractivity (Wildman–Crippen MR) is 43.8 cm³/mol. The summed E-state index contributed by atoms with van der Waals surface area (Å²) in [6, 6.07) is 0. The van der Waals surface area contributed by atoms with Crippen LogP contribution in [0.2, 0.25) is 0 Å². The molecule has 2 heteroatoms. The molecule has 0 fully saturated rings. The first-order valence-electron chi connectivity index (χ1n) is 3.49. The van der Waals surface area contributed by atoms with E-state index in [1.54, 1.807) is 0 Å². The van der Waals surface area contributed by atoms with E-state index in [-0.39, 0.29) is 0 Å². The number of nitrogens with zero attached hydrogens (tertiary/aromatic N) is 1. The van der Waals surface area contributed by atoms with Crippen molar-refractivity contribution in [1.29, 1.82) is 0 Å². The summed E-state index contributed by atoms with van der Waals surface area (Å²) in [6.45, 7) is 6.64. The predicted octanol–water partition coefficient (Wildman–Crippen LogP) is 0.794. The van der Waals surface area contributed by atoms with Gasteiger partial charge in [-0.05, 0) is 34.2 Å². The van der Waals surface area contributed by atoms with E-state index in [4.69, 9.17) is 0 Å². The second-order valence-electron chi connectivity index (χ2n) is 1.99. The first-order chi connectivity index (χ1) is 4.22. The average molecular weight is 132 g/mol. The molecule has 0 heterocycles. The van der Waals surface area contributed by atoms with Gasteiger partial charge in [0.1, 0.15) is 0 Å². The van der Waals surface area contributed by atoms with E-state index in [0.29, 0.717) is 0 Å². The van der Waals surface area contributed by atoms with Crippen LogP contribution in [0.5, 0.6) is 0 Å². The maximum atomic E-state index is 2.75. The number of hydrogen-bond acceptors (Lipinski definition) is 2. The van der Waals surface area contributed by atoms with Crippen molar-refractivity contribution >= 4 is 0 Å². The first-order valence-corrected chi connectivity index (χ1v) is 3.49. The van der Waals surface area contributed by atoms with E-state index < -0.39 is 0 Å². The lowest BCUT2D eigenvalue weighted by Crippen LogP contribution is -2.15. The van der Waals surface area contributed by atoms with Gasteiger partial charge in [0.2, 0.25) is 0 Å². The van der Waals surface area contributed by atoms with Gasteiger partial charge in [-0.25, -0.2) is 0 Å². The van der Waals surface area contributed by atoms with Crippen LogP contribution in [-0.2, 0) is 0 Å². The molecule has 9 heavy (non-hydrogen) atoms. The van der Waals surface area contributed by atoms with Crippen molar-refractivity contribution in [2.24, 2.45) is 0 Å². The molecule has 0 saturated carbocycles. The molecular formula is C7H20N2. The van der Waals surface area contributed by atoms with E-state index in [9.17, 15) is 0 Å². The van der Waals surface area contributed by atoms with Crippen molar-refractivity contribution in [2.75, 3.05) is 34.2 Å². The minimum Gasteiger partial charge on any atom is -0.323 e. The summed E-state index contributed by atoms with van der Waals surface area (Å²) in [6.07, 6.45) is 0. The number of rotatable bonds is 2. The van der Waals surface area contributed by atoms with Gasteiger partial charge in [0.15, 0.2) is 0 Å². The van der Waals surface area contributed by atoms with E-state index in [1.807, 2.05) is 14.1 Å². The highest BCUT2D eigenvalue weighted by Crippen LogP contribution is 1.73. The highest BCUT2D eigenvalue weighted by molar-refractivity contribution is 4.36. The van der Waals surface area contributed by atoms with Gasteiger partial charge in [0.05, 0.1) is 0 Å². The monoisotopic (exact) mass is 132 g/mol. The smallest absolute Gasteiger partial charge is 0.00504 e. The highest BCUT2D eigenvalue weighted by atomic mass is 15.1. The van der Waals surface area contributed by atoms with Crippen molar-refractivity contribution in [3.8, 4) is 0 Å². The van der Waals surface area contributed by atoms with E-state index >= 15 is 0 Å². The van der Waals surface area contributed by atoms with Crippen molar-refractivity contribution in [3.05, 3.63) is 0 Å². The van der Waals surface area contributed by atoms with Crippen molar-refractivity contribution in [1.82, 2.24) is 10.2 Å². The van der Waals surface area contributed by atoms with Gasteiger partial charge in [0.25, 0.3) is 0 Å². The zero-order chi connectivity index (χ0) is 7.70. The largest absolute Gasteiger partial charge is 0.323 e. The van der Waals surface area contributed by atoms with Crippen LogP contribution in [0.1, 0.15) is 13.8 Å². The summed E-state index contributed by atoms with van der Waals surface area (Å²) in [5, 5.41) is 2.75. The van der Waals surface area contributed by atoms with Gasteiger partial charge < -0.3 is 10.2 Å². The lowest BCUT2D eigenvalue weighted by molar-refractivity contribution is 0.373. The summed E-state index contributed by atoms with van der Waals surface area (Å²) in [7, 11) is 5.86.